The maximum atomic E-state index is 6.84. The van der Waals surface area contributed by atoms with Gasteiger partial charge in [-0.3, -0.25) is 0 Å². The van der Waals surface area contributed by atoms with E-state index in [2.05, 4.69) is 101 Å². The van der Waals surface area contributed by atoms with Crippen LogP contribution < -0.4 is 4.74 Å². The van der Waals surface area contributed by atoms with Gasteiger partial charge in [-0.15, -0.1) is 0 Å². The molecule has 0 aromatic heterocycles. The van der Waals surface area contributed by atoms with Crippen LogP contribution in [0, 0.1) is 0 Å². The van der Waals surface area contributed by atoms with Crippen molar-refractivity contribution in [2.45, 2.75) is 10.9 Å². The minimum absolute atomic E-state index is 0.736. The molecule has 0 radical (unpaired) electrons. The Hall–Kier alpha value is -2.84. The largest absolute Gasteiger partial charge is 0.473 e. The average molecular weight is 429 g/mol. The predicted octanol–water partition coefficient (Wildman–Crippen LogP) is 6.95. The summed E-state index contributed by atoms with van der Waals surface area (Å²) >= 11 is 3.51. The molecule has 0 bridgehead atoms. The van der Waals surface area contributed by atoms with Gasteiger partial charge < -0.3 is 4.74 Å². The van der Waals surface area contributed by atoms with Gasteiger partial charge in [-0.2, -0.15) is 0 Å². The normalized spacial score (nSPS) is 11.2. The Morgan fingerprint density at radius 2 is 0.929 bits per heavy atom. The molecule has 0 saturated carbocycles. The maximum Gasteiger partial charge on any atom is 0.184 e. The van der Waals surface area contributed by atoms with Gasteiger partial charge in [-0.25, -0.2) is 0 Å². The van der Waals surface area contributed by atoms with E-state index in [0.717, 1.165) is 27.8 Å². The minimum Gasteiger partial charge on any atom is -0.473 e. The van der Waals surface area contributed by atoms with Crippen LogP contribution >= 0.6 is 15.9 Å². The summed E-state index contributed by atoms with van der Waals surface area (Å²) in [6.07, 6.45) is 0. The van der Waals surface area contributed by atoms with Gasteiger partial charge in [0, 0.05) is 22.0 Å². The Bertz CT molecular complexity index is 900. The SMILES string of the molecule is BrCc1ccc(OC(c2ccccc2)(c2ccccc2)c2ccccc2)cc1. The molecular weight excluding hydrogens is 408 g/mol. The van der Waals surface area contributed by atoms with Crippen molar-refractivity contribution in [3.05, 3.63) is 138 Å². The molecule has 0 aliphatic carbocycles. The quantitative estimate of drug-likeness (QED) is 0.238. The molecule has 0 spiro atoms. The van der Waals surface area contributed by atoms with Crippen molar-refractivity contribution in [2.75, 3.05) is 0 Å². The summed E-state index contributed by atoms with van der Waals surface area (Å²) in [5, 5.41) is 0.828. The minimum atomic E-state index is -0.736. The fraction of sp³-hybridized carbons (Fsp3) is 0.0769. The summed E-state index contributed by atoms with van der Waals surface area (Å²) in [6.45, 7) is 0. The van der Waals surface area contributed by atoms with Crippen LogP contribution in [0.3, 0.4) is 0 Å². The number of halogens is 1. The third-order valence-corrected chi connectivity index (χ3v) is 5.54. The molecule has 2 heteroatoms. The molecule has 1 nitrogen and oxygen atoms in total. The first kappa shape index (κ1) is 18.5. The molecule has 4 rings (SSSR count). The Labute approximate surface area is 174 Å². The summed E-state index contributed by atoms with van der Waals surface area (Å²) in [5.41, 5.74) is 3.77. The van der Waals surface area contributed by atoms with E-state index in [1.165, 1.54) is 5.56 Å². The molecule has 4 aromatic rings. The van der Waals surface area contributed by atoms with E-state index in [-0.39, 0.29) is 0 Å². The van der Waals surface area contributed by atoms with Crippen molar-refractivity contribution in [2.24, 2.45) is 0 Å². The Morgan fingerprint density at radius 1 is 0.536 bits per heavy atom. The molecule has 0 saturated heterocycles. The van der Waals surface area contributed by atoms with Gasteiger partial charge in [0.05, 0.1) is 0 Å². The summed E-state index contributed by atoms with van der Waals surface area (Å²) < 4.78 is 6.84. The van der Waals surface area contributed by atoms with Crippen LogP contribution in [-0.4, -0.2) is 0 Å². The van der Waals surface area contributed by atoms with Gasteiger partial charge in [0.2, 0.25) is 0 Å². The Kier molecular flexibility index (Phi) is 5.59. The van der Waals surface area contributed by atoms with Gasteiger partial charge in [0.25, 0.3) is 0 Å². The van der Waals surface area contributed by atoms with Crippen LogP contribution in [0.5, 0.6) is 5.75 Å². The highest BCUT2D eigenvalue weighted by atomic mass is 79.9. The Balaban J connectivity index is 1.95. The van der Waals surface area contributed by atoms with Crippen LogP contribution in [0.1, 0.15) is 22.3 Å². The van der Waals surface area contributed by atoms with E-state index >= 15 is 0 Å². The number of benzene rings is 4. The lowest BCUT2D eigenvalue weighted by molar-refractivity contribution is 0.155. The third-order valence-electron chi connectivity index (χ3n) is 4.89. The summed E-state index contributed by atoms with van der Waals surface area (Å²) in [6, 6.07) is 39.5. The fourth-order valence-corrected chi connectivity index (χ4v) is 3.89. The number of hydrogen-bond acceptors (Lipinski definition) is 1. The summed E-state index contributed by atoms with van der Waals surface area (Å²) in [5.74, 6) is 0.834. The first-order chi connectivity index (χ1) is 13.8. The average Bonchev–Trinajstić information content (AvgIpc) is 2.80. The highest BCUT2D eigenvalue weighted by molar-refractivity contribution is 9.08. The standard InChI is InChI=1S/C26H21BrO/c27-20-21-16-18-25(19-17-21)28-26(22-10-4-1-5-11-22,23-12-6-2-7-13-23)24-14-8-3-9-15-24/h1-19H,20H2. The van der Waals surface area contributed by atoms with Gasteiger partial charge in [-0.1, -0.05) is 119 Å². The van der Waals surface area contributed by atoms with E-state index in [0.29, 0.717) is 0 Å². The molecule has 0 amide bonds. The first-order valence-electron chi connectivity index (χ1n) is 9.33. The van der Waals surface area contributed by atoms with Crippen molar-refractivity contribution in [1.29, 1.82) is 0 Å². The third kappa shape index (κ3) is 3.61. The number of rotatable bonds is 6. The topological polar surface area (TPSA) is 9.23 Å². The molecule has 0 heterocycles. The second-order valence-electron chi connectivity index (χ2n) is 6.66. The smallest absolute Gasteiger partial charge is 0.184 e. The van der Waals surface area contributed by atoms with Crippen LogP contribution in [0.2, 0.25) is 0 Å². The first-order valence-corrected chi connectivity index (χ1v) is 10.5. The lowest BCUT2D eigenvalue weighted by atomic mass is 9.80. The van der Waals surface area contributed by atoms with Gasteiger partial charge in [0.15, 0.2) is 5.60 Å². The lowest BCUT2D eigenvalue weighted by Crippen LogP contribution is -2.36. The van der Waals surface area contributed by atoms with Crippen LogP contribution in [-0.2, 0) is 10.9 Å². The summed E-state index contributed by atoms with van der Waals surface area (Å²) in [7, 11) is 0. The Morgan fingerprint density at radius 3 is 1.29 bits per heavy atom. The number of alkyl halides is 1. The molecule has 0 N–H and O–H groups in total. The lowest BCUT2D eigenvalue weighted by Gasteiger charge is -2.36. The van der Waals surface area contributed by atoms with E-state index in [1.54, 1.807) is 0 Å². The number of ether oxygens (including phenoxy) is 1. The molecule has 0 unspecified atom stereocenters. The predicted molar refractivity (Wildman–Crippen MR) is 119 cm³/mol. The van der Waals surface area contributed by atoms with E-state index in [4.69, 9.17) is 4.74 Å². The molecule has 4 aromatic carbocycles. The second-order valence-corrected chi connectivity index (χ2v) is 7.22. The summed E-state index contributed by atoms with van der Waals surface area (Å²) in [4.78, 5) is 0. The van der Waals surface area contributed by atoms with Crippen molar-refractivity contribution in [1.82, 2.24) is 0 Å². The van der Waals surface area contributed by atoms with E-state index in [1.807, 2.05) is 30.3 Å². The van der Waals surface area contributed by atoms with Gasteiger partial charge >= 0.3 is 0 Å². The van der Waals surface area contributed by atoms with Gasteiger partial charge in [0.1, 0.15) is 5.75 Å². The molecule has 28 heavy (non-hydrogen) atoms. The van der Waals surface area contributed by atoms with Crippen LogP contribution in [0.25, 0.3) is 0 Å². The molecular formula is C26H21BrO. The molecule has 0 aliphatic heterocycles. The van der Waals surface area contributed by atoms with Crippen molar-refractivity contribution < 1.29 is 4.74 Å². The van der Waals surface area contributed by atoms with Crippen LogP contribution in [0.4, 0.5) is 0 Å². The van der Waals surface area contributed by atoms with Crippen molar-refractivity contribution in [3.63, 3.8) is 0 Å². The number of hydrogen-bond donors (Lipinski definition) is 0. The second kappa shape index (κ2) is 8.45. The highest BCUT2D eigenvalue weighted by Crippen LogP contribution is 2.41. The monoisotopic (exact) mass is 428 g/mol. The van der Waals surface area contributed by atoms with E-state index < -0.39 is 5.60 Å². The molecule has 0 atom stereocenters. The van der Waals surface area contributed by atoms with Crippen LogP contribution in [0.15, 0.2) is 115 Å². The molecule has 0 fully saturated rings. The van der Waals surface area contributed by atoms with Gasteiger partial charge in [-0.05, 0) is 17.7 Å². The zero-order chi connectivity index (χ0) is 19.2. The van der Waals surface area contributed by atoms with E-state index in [9.17, 15) is 0 Å². The zero-order valence-corrected chi connectivity index (χ0v) is 17.0. The zero-order valence-electron chi connectivity index (χ0n) is 15.5. The maximum absolute atomic E-state index is 6.84. The molecule has 138 valence electrons. The molecule has 0 aliphatic rings. The van der Waals surface area contributed by atoms with Crippen molar-refractivity contribution >= 4 is 15.9 Å². The van der Waals surface area contributed by atoms with Crippen molar-refractivity contribution in [3.8, 4) is 5.75 Å². The highest BCUT2D eigenvalue weighted by Gasteiger charge is 2.38. The fourth-order valence-electron chi connectivity index (χ4n) is 3.52.